The number of hydrogen-bond acceptors (Lipinski definition) is 1. The van der Waals surface area contributed by atoms with E-state index in [9.17, 15) is 0 Å². The van der Waals surface area contributed by atoms with Crippen LogP contribution in [-0.2, 0) is 0 Å². The van der Waals surface area contributed by atoms with Crippen LogP contribution in [0.5, 0.6) is 0 Å². The van der Waals surface area contributed by atoms with Crippen LogP contribution in [0.3, 0.4) is 0 Å². The third-order valence-corrected chi connectivity index (χ3v) is 1.55. The summed E-state index contributed by atoms with van der Waals surface area (Å²) in [5, 5.41) is 3.37. The Morgan fingerprint density at radius 2 is 1.71 bits per heavy atom. The molecule has 0 aliphatic rings. The van der Waals surface area contributed by atoms with Gasteiger partial charge in [-0.2, -0.15) is 0 Å². The minimum Gasteiger partial charge on any atom is -0.294 e. The highest BCUT2D eigenvalue weighted by Gasteiger charge is 1.92. The molecule has 0 heterocycles. The Kier molecular flexibility index (Phi) is 3.59. The maximum atomic E-state index is 3.37. The second-order valence-electron chi connectivity index (χ2n) is 2.18. The van der Waals surface area contributed by atoms with Crippen LogP contribution in [0.15, 0.2) is 0 Å². The Balaban J connectivity index is 2.95. The highest BCUT2D eigenvalue weighted by Crippen LogP contribution is 2.17. The number of rotatable bonds is 2. The van der Waals surface area contributed by atoms with Gasteiger partial charge in [0.25, 0.3) is 0 Å². The molecule has 0 saturated heterocycles. The molecule has 2 heteroatoms. The fourth-order valence-electron chi connectivity index (χ4n) is 0.516. The quantitative estimate of drug-likeness (QED) is 0.545. The van der Waals surface area contributed by atoms with Crippen molar-refractivity contribution in [1.29, 1.82) is 0 Å². The smallest absolute Gasteiger partial charge is 0.00465 e. The fourth-order valence-corrected chi connectivity index (χ4v) is 1.55. The van der Waals surface area contributed by atoms with Gasteiger partial charge in [-0.15, -0.1) is 0 Å². The van der Waals surface area contributed by atoms with E-state index in [2.05, 4.69) is 32.3 Å². The van der Waals surface area contributed by atoms with Crippen LogP contribution in [0.4, 0.5) is 0 Å². The van der Waals surface area contributed by atoms with Gasteiger partial charge in [-0.3, -0.25) is 5.09 Å². The lowest BCUT2D eigenvalue weighted by atomic mass is 10.4. The van der Waals surface area contributed by atoms with E-state index in [4.69, 9.17) is 0 Å². The largest absolute Gasteiger partial charge is 0.294 e. The number of nitrogens with one attached hydrogen (secondary N) is 1. The summed E-state index contributed by atoms with van der Waals surface area (Å²) in [5.41, 5.74) is 0. The molecule has 0 aromatic rings. The predicted octanol–water partition coefficient (Wildman–Crippen LogP) is 1.64. The molecule has 1 nitrogen and oxygen atoms in total. The summed E-state index contributed by atoms with van der Waals surface area (Å²) in [4.78, 5) is 0. The maximum absolute atomic E-state index is 3.37. The van der Waals surface area contributed by atoms with Gasteiger partial charge in [0.2, 0.25) is 0 Å². The summed E-state index contributed by atoms with van der Waals surface area (Å²) >= 11 is 0. The first kappa shape index (κ1) is 7.39. The summed E-state index contributed by atoms with van der Waals surface area (Å²) in [7, 11) is 0.110. The van der Waals surface area contributed by atoms with Crippen molar-refractivity contribution in [3.8, 4) is 0 Å². The molecule has 0 amide bonds. The summed E-state index contributed by atoms with van der Waals surface area (Å²) in [6, 6.07) is 0.654. The lowest BCUT2D eigenvalue weighted by Gasteiger charge is -2.10. The van der Waals surface area contributed by atoms with Gasteiger partial charge in [-0.05, 0) is 35.2 Å². The Morgan fingerprint density at radius 1 is 1.29 bits per heavy atom. The first-order valence-electron chi connectivity index (χ1n) is 2.56. The van der Waals surface area contributed by atoms with E-state index in [1.807, 2.05) is 0 Å². The molecule has 0 saturated carbocycles. The van der Waals surface area contributed by atoms with Gasteiger partial charge in [0, 0.05) is 6.04 Å². The van der Waals surface area contributed by atoms with E-state index in [0.29, 0.717) is 6.04 Å². The number of hydrogen-bond donors (Lipinski definition) is 1. The van der Waals surface area contributed by atoms with Crippen LogP contribution >= 0.6 is 8.07 Å². The summed E-state index contributed by atoms with van der Waals surface area (Å²) in [5.74, 6) is 0. The third-order valence-electron chi connectivity index (χ3n) is 0.516. The molecule has 0 aliphatic carbocycles. The maximum Gasteiger partial charge on any atom is 0.00465 e. The van der Waals surface area contributed by atoms with E-state index in [1.54, 1.807) is 0 Å². The Bertz CT molecular complexity index is 37.3. The van der Waals surface area contributed by atoms with Gasteiger partial charge < -0.3 is 0 Å². The van der Waals surface area contributed by atoms with Crippen molar-refractivity contribution in [2.45, 2.75) is 19.9 Å². The molecule has 0 spiro atoms. The molecule has 0 aromatic carbocycles. The molecular formula is C5H14NP. The van der Waals surface area contributed by atoms with Crippen LogP contribution in [0.2, 0.25) is 0 Å². The van der Waals surface area contributed by atoms with Crippen LogP contribution < -0.4 is 5.09 Å². The van der Waals surface area contributed by atoms with Gasteiger partial charge >= 0.3 is 0 Å². The minimum absolute atomic E-state index is 0.110. The van der Waals surface area contributed by atoms with Crippen molar-refractivity contribution in [2.75, 3.05) is 13.3 Å². The van der Waals surface area contributed by atoms with E-state index in [1.165, 1.54) is 0 Å². The average molecular weight is 119 g/mol. The van der Waals surface area contributed by atoms with Gasteiger partial charge in [0.1, 0.15) is 0 Å². The standard InChI is InChI=1S/C5H14NP/c1-5(2)6-7(3)4/h5-6H,1-4H3. The second kappa shape index (κ2) is 3.40. The summed E-state index contributed by atoms with van der Waals surface area (Å²) in [6.45, 7) is 8.77. The van der Waals surface area contributed by atoms with Gasteiger partial charge in [0.05, 0.1) is 0 Å². The lowest BCUT2D eigenvalue weighted by molar-refractivity contribution is 0.763. The Hall–Kier alpha value is 0.390. The van der Waals surface area contributed by atoms with Crippen LogP contribution in [0, 0.1) is 0 Å². The molecule has 0 aliphatic heterocycles. The first-order chi connectivity index (χ1) is 3.13. The molecule has 0 radical (unpaired) electrons. The van der Waals surface area contributed by atoms with Crippen LogP contribution in [0.1, 0.15) is 13.8 Å². The molecule has 0 aromatic heterocycles. The molecule has 0 bridgehead atoms. The SMILES string of the molecule is CC(C)NP(C)C. The molecule has 0 unspecified atom stereocenters. The molecule has 0 rings (SSSR count). The zero-order valence-electron chi connectivity index (χ0n) is 5.52. The first-order valence-corrected chi connectivity index (χ1v) is 4.80. The van der Waals surface area contributed by atoms with Crippen molar-refractivity contribution >= 4 is 8.07 Å². The van der Waals surface area contributed by atoms with Crippen molar-refractivity contribution in [3.63, 3.8) is 0 Å². The van der Waals surface area contributed by atoms with Crippen molar-refractivity contribution in [1.82, 2.24) is 5.09 Å². The van der Waals surface area contributed by atoms with Gasteiger partial charge in [-0.25, -0.2) is 0 Å². The zero-order valence-corrected chi connectivity index (χ0v) is 6.42. The fraction of sp³-hybridized carbons (Fsp3) is 1.00. The molecule has 7 heavy (non-hydrogen) atoms. The minimum atomic E-state index is 0.110. The highest BCUT2D eigenvalue weighted by molar-refractivity contribution is 7.53. The molecule has 0 atom stereocenters. The van der Waals surface area contributed by atoms with E-state index >= 15 is 0 Å². The van der Waals surface area contributed by atoms with E-state index in [0.717, 1.165) is 0 Å². The Morgan fingerprint density at radius 3 is 1.71 bits per heavy atom. The van der Waals surface area contributed by atoms with Crippen molar-refractivity contribution in [3.05, 3.63) is 0 Å². The lowest BCUT2D eigenvalue weighted by Crippen LogP contribution is -2.15. The average Bonchev–Trinajstić information content (AvgIpc) is 1.27. The second-order valence-corrected chi connectivity index (χ2v) is 4.23. The molecule has 0 fully saturated rings. The van der Waals surface area contributed by atoms with Gasteiger partial charge in [0.15, 0.2) is 0 Å². The van der Waals surface area contributed by atoms with Crippen LogP contribution in [0.25, 0.3) is 0 Å². The third kappa shape index (κ3) is 6.39. The van der Waals surface area contributed by atoms with E-state index < -0.39 is 0 Å². The van der Waals surface area contributed by atoms with Crippen molar-refractivity contribution in [2.24, 2.45) is 0 Å². The highest BCUT2D eigenvalue weighted by atomic mass is 31.1. The topological polar surface area (TPSA) is 12.0 Å². The molecule has 1 N–H and O–H groups in total. The summed E-state index contributed by atoms with van der Waals surface area (Å²) < 4.78 is 0. The Labute approximate surface area is 47.3 Å². The monoisotopic (exact) mass is 119 g/mol. The molecular weight excluding hydrogens is 105 g/mol. The van der Waals surface area contributed by atoms with Crippen molar-refractivity contribution < 1.29 is 0 Å². The summed E-state index contributed by atoms with van der Waals surface area (Å²) in [6.07, 6.45) is 0. The predicted molar refractivity (Wildman–Crippen MR) is 37.0 cm³/mol. The van der Waals surface area contributed by atoms with E-state index in [-0.39, 0.29) is 8.07 Å². The van der Waals surface area contributed by atoms with Gasteiger partial charge in [-0.1, -0.05) is 0 Å². The normalized spacial score (nSPS) is 11.1. The zero-order chi connectivity index (χ0) is 5.86. The van der Waals surface area contributed by atoms with Crippen LogP contribution in [-0.4, -0.2) is 19.4 Å². The molecule has 44 valence electrons.